The van der Waals surface area contributed by atoms with Gasteiger partial charge in [-0.25, -0.2) is 4.79 Å². The molecule has 0 saturated carbocycles. The highest BCUT2D eigenvalue weighted by atomic mass is 32.2. The Morgan fingerprint density at radius 3 is 2.39 bits per heavy atom. The van der Waals surface area contributed by atoms with Crippen molar-refractivity contribution in [3.63, 3.8) is 0 Å². The van der Waals surface area contributed by atoms with Crippen molar-refractivity contribution in [2.75, 3.05) is 5.32 Å². The minimum Gasteiger partial charge on any atom is -0.478 e. The summed E-state index contributed by atoms with van der Waals surface area (Å²) in [6, 6.07) is 14.4. The molecule has 3 rings (SSSR count). The SMILES string of the molecule is CC(C(=O)Nc1ccc(C(=O)O)cc1)N1C(=O)/C(=C/c2ccccc2)SC1=S. The van der Waals surface area contributed by atoms with Crippen molar-refractivity contribution >= 4 is 57.8 Å². The number of nitrogens with one attached hydrogen (secondary N) is 1. The average Bonchev–Trinajstić information content (AvgIpc) is 2.95. The summed E-state index contributed by atoms with van der Waals surface area (Å²) in [4.78, 5) is 38.0. The Morgan fingerprint density at radius 1 is 1.14 bits per heavy atom. The van der Waals surface area contributed by atoms with E-state index in [-0.39, 0.29) is 11.5 Å². The first-order valence-electron chi connectivity index (χ1n) is 8.33. The molecule has 2 aromatic carbocycles. The quantitative estimate of drug-likeness (QED) is 0.576. The normalized spacial score (nSPS) is 16.3. The van der Waals surface area contributed by atoms with E-state index in [1.807, 2.05) is 30.3 Å². The molecular weight excluding hydrogens is 396 g/mol. The number of amides is 2. The Morgan fingerprint density at radius 2 is 1.79 bits per heavy atom. The lowest BCUT2D eigenvalue weighted by atomic mass is 10.2. The maximum atomic E-state index is 12.7. The van der Waals surface area contributed by atoms with Crippen LogP contribution in [0.4, 0.5) is 5.69 Å². The van der Waals surface area contributed by atoms with E-state index >= 15 is 0 Å². The summed E-state index contributed by atoms with van der Waals surface area (Å²) in [7, 11) is 0. The molecule has 8 heteroatoms. The number of thiocarbonyl (C=S) groups is 1. The lowest BCUT2D eigenvalue weighted by Crippen LogP contribution is -2.44. The third kappa shape index (κ3) is 4.29. The van der Waals surface area contributed by atoms with Crippen LogP contribution in [0.5, 0.6) is 0 Å². The first-order chi connectivity index (χ1) is 13.4. The van der Waals surface area contributed by atoms with Crippen LogP contribution in [0.3, 0.4) is 0 Å². The van der Waals surface area contributed by atoms with Crippen LogP contribution >= 0.6 is 24.0 Å². The van der Waals surface area contributed by atoms with Gasteiger partial charge in [-0.15, -0.1) is 0 Å². The van der Waals surface area contributed by atoms with Crippen LogP contribution in [-0.4, -0.2) is 38.2 Å². The second kappa shape index (κ2) is 8.37. The first-order valence-corrected chi connectivity index (χ1v) is 9.55. The lowest BCUT2D eigenvalue weighted by molar-refractivity contribution is -0.129. The number of carbonyl (C=O) groups excluding carboxylic acids is 2. The number of thioether (sulfide) groups is 1. The highest BCUT2D eigenvalue weighted by Crippen LogP contribution is 2.34. The van der Waals surface area contributed by atoms with Crippen LogP contribution in [-0.2, 0) is 9.59 Å². The fourth-order valence-corrected chi connectivity index (χ4v) is 3.99. The zero-order valence-corrected chi connectivity index (χ0v) is 16.4. The largest absolute Gasteiger partial charge is 0.478 e. The van der Waals surface area contributed by atoms with Crippen molar-refractivity contribution in [2.24, 2.45) is 0 Å². The van der Waals surface area contributed by atoms with Gasteiger partial charge in [0.25, 0.3) is 5.91 Å². The summed E-state index contributed by atoms with van der Waals surface area (Å²) < 4.78 is 0.316. The molecule has 1 heterocycles. The van der Waals surface area contributed by atoms with Gasteiger partial charge < -0.3 is 10.4 Å². The molecule has 1 aliphatic heterocycles. The van der Waals surface area contributed by atoms with Gasteiger partial charge in [0, 0.05) is 5.69 Å². The van der Waals surface area contributed by atoms with Crippen LogP contribution in [0.1, 0.15) is 22.8 Å². The van der Waals surface area contributed by atoms with Crippen molar-refractivity contribution in [2.45, 2.75) is 13.0 Å². The summed E-state index contributed by atoms with van der Waals surface area (Å²) in [5.74, 6) is -1.78. The highest BCUT2D eigenvalue weighted by Gasteiger charge is 2.38. The van der Waals surface area contributed by atoms with Gasteiger partial charge in [-0.2, -0.15) is 0 Å². The van der Waals surface area contributed by atoms with Crippen LogP contribution in [0, 0.1) is 0 Å². The topological polar surface area (TPSA) is 86.7 Å². The Bertz CT molecular complexity index is 971. The number of hydrogen-bond acceptors (Lipinski definition) is 5. The Hall–Kier alpha value is -2.97. The Balaban J connectivity index is 1.72. The fourth-order valence-electron chi connectivity index (χ4n) is 2.57. The van der Waals surface area contributed by atoms with Crippen molar-refractivity contribution in [1.82, 2.24) is 4.90 Å². The lowest BCUT2D eigenvalue weighted by Gasteiger charge is -2.22. The molecule has 0 aliphatic carbocycles. The van der Waals surface area contributed by atoms with E-state index in [1.165, 1.54) is 29.2 Å². The van der Waals surface area contributed by atoms with Crippen LogP contribution in [0.2, 0.25) is 0 Å². The monoisotopic (exact) mass is 412 g/mol. The van der Waals surface area contributed by atoms with Gasteiger partial charge in [-0.1, -0.05) is 54.3 Å². The predicted molar refractivity (Wildman–Crippen MR) is 113 cm³/mol. The number of carbonyl (C=O) groups is 3. The molecule has 0 spiro atoms. The number of aromatic carboxylic acids is 1. The third-order valence-electron chi connectivity index (χ3n) is 4.09. The molecule has 142 valence electrons. The van der Waals surface area contributed by atoms with E-state index in [0.717, 1.165) is 17.3 Å². The van der Waals surface area contributed by atoms with Crippen molar-refractivity contribution in [1.29, 1.82) is 0 Å². The van der Waals surface area contributed by atoms with Crippen molar-refractivity contribution in [3.8, 4) is 0 Å². The molecule has 0 radical (unpaired) electrons. The fraction of sp³-hybridized carbons (Fsp3) is 0.100. The smallest absolute Gasteiger partial charge is 0.335 e. The van der Waals surface area contributed by atoms with E-state index < -0.39 is 17.9 Å². The van der Waals surface area contributed by atoms with Crippen molar-refractivity contribution < 1.29 is 19.5 Å². The average molecular weight is 412 g/mol. The van der Waals surface area contributed by atoms with Crippen LogP contribution < -0.4 is 5.32 Å². The summed E-state index contributed by atoms with van der Waals surface area (Å²) >= 11 is 6.46. The first kappa shape index (κ1) is 19.8. The van der Waals surface area contributed by atoms with Gasteiger partial charge in [0.1, 0.15) is 10.4 Å². The number of carboxylic acid groups (broad SMARTS) is 1. The number of carboxylic acids is 1. The standard InChI is InChI=1S/C20H16N2O4S2/c1-12(17(23)21-15-9-7-14(8-10-15)19(25)26)22-18(24)16(28-20(22)27)11-13-5-3-2-4-6-13/h2-12H,1H3,(H,21,23)(H,25,26)/b16-11-. The third-order valence-corrected chi connectivity index (χ3v) is 5.42. The molecule has 1 saturated heterocycles. The van der Waals surface area contributed by atoms with Crippen molar-refractivity contribution in [3.05, 3.63) is 70.6 Å². The number of anilines is 1. The van der Waals surface area contributed by atoms with Gasteiger partial charge in [-0.05, 0) is 42.8 Å². The second-order valence-electron chi connectivity index (χ2n) is 6.01. The molecular formula is C20H16N2O4S2. The summed E-state index contributed by atoms with van der Waals surface area (Å²) in [5.41, 5.74) is 1.43. The zero-order valence-electron chi connectivity index (χ0n) is 14.8. The summed E-state index contributed by atoms with van der Waals surface area (Å²) in [6.07, 6.45) is 1.74. The van der Waals surface area contributed by atoms with E-state index in [0.29, 0.717) is 14.9 Å². The molecule has 1 atom stereocenters. The molecule has 2 aromatic rings. The van der Waals surface area contributed by atoms with E-state index in [4.69, 9.17) is 17.3 Å². The minimum atomic E-state index is -1.05. The molecule has 2 amide bonds. The molecule has 1 aliphatic rings. The number of benzene rings is 2. The van der Waals surface area contributed by atoms with E-state index in [2.05, 4.69) is 5.32 Å². The van der Waals surface area contributed by atoms with Crippen LogP contribution in [0.15, 0.2) is 59.5 Å². The predicted octanol–water partition coefficient (Wildman–Crippen LogP) is 3.61. The number of hydrogen-bond donors (Lipinski definition) is 2. The second-order valence-corrected chi connectivity index (χ2v) is 7.69. The molecule has 2 N–H and O–H groups in total. The molecule has 1 unspecified atom stereocenters. The number of nitrogens with zero attached hydrogens (tertiary/aromatic N) is 1. The Kier molecular flexibility index (Phi) is 5.91. The Labute approximate surface area is 171 Å². The molecule has 0 bridgehead atoms. The maximum Gasteiger partial charge on any atom is 0.335 e. The highest BCUT2D eigenvalue weighted by molar-refractivity contribution is 8.26. The molecule has 28 heavy (non-hydrogen) atoms. The number of rotatable bonds is 5. The van der Waals surface area contributed by atoms with Gasteiger partial charge in [-0.3, -0.25) is 14.5 Å². The van der Waals surface area contributed by atoms with Gasteiger partial charge >= 0.3 is 5.97 Å². The van der Waals surface area contributed by atoms with Gasteiger partial charge in [0.2, 0.25) is 5.91 Å². The zero-order chi connectivity index (χ0) is 20.3. The minimum absolute atomic E-state index is 0.119. The van der Waals surface area contributed by atoms with E-state index in [9.17, 15) is 14.4 Å². The summed E-state index contributed by atoms with van der Waals surface area (Å²) in [6.45, 7) is 1.59. The van der Waals surface area contributed by atoms with Gasteiger partial charge in [0.05, 0.1) is 10.5 Å². The molecule has 1 fully saturated rings. The molecule has 0 aromatic heterocycles. The maximum absolute atomic E-state index is 12.7. The van der Waals surface area contributed by atoms with Crippen LogP contribution in [0.25, 0.3) is 6.08 Å². The molecule has 6 nitrogen and oxygen atoms in total. The summed E-state index contributed by atoms with van der Waals surface area (Å²) in [5, 5.41) is 11.6. The van der Waals surface area contributed by atoms with E-state index in [1.54, 1.807) is 13.0 Å². The van der Waals surface area contributed by atoms with Gasteiger partial charge in [0.15, 0.2) is 0 Å².